The molecule has 1 fully saturated rings. The summed E-state index contributed by atoms with van der Waals surface area (Å²) in [5, 5.41) is 9.34. The van der Waals surface area contributed by atoms with Gasteiger partial charge in [-0.25, -0.2) is 0 Å². The third-order valence-corrected chi connectivity index (χ3v) is 2.91. The monoisotopic (exact) mass is 260 g/mol. The number of aliphatic hydroxyl groups is 1. The number of hydrogen-bond donors (Lipinski definition) is 1. The number of aliphatic hydroxyl groups excluding tert-OH is 1. The predicted octanol–water partition coefficient (Wildman–Crippen LogP) is -0.602. The zero-order valence-corrected chi connectivity index (χ0v) is 10.9. The summed E-state index contributed by atoms with van der Waals surface area (Å²) < 4.78 is 26.9. The molecule has 0 radical (unpaired) electrons. The van der Waals surface area contributed by atoms with Crippen LogP contribution in [0.3, 0.4) is 0 Å². The molecular formula is C12H20O6. The molecule has 1 N–H and O–H groups in total. The molecule has 0 aromatic carbocycles. The second-order valence-electron chi connectivity index (χ2n) is 3.84. The lowest BCUT2D eigenvalue weighted by Crippen LogP contribution is -2.61. The van der Waals surface area contributed by atoms with Crippen LogP contribution in [0.15, 0.2) is 0 Å². The van der Waals surface area contributed by atoms with Gasteiger partial charge in [0.15, 0.2) is 6.29 Å². The highest BCUT2D eigenvalue weighted by molar-refractivity contribution is 4.94. The lowest BCUT2D eigenvalue weighted by atomic mass is 9.98. The molecule has 5 atom stereocenters. The maximum absolute atomic E-state index is 9.34. The molecule has 0 saturated carbocycles. The van der Waals surface area contributed by atoms with E-state index in [1.54, 1.807) is 0 Å². The van der Waals surface area contributed by atoms with Crippen molar-refractivity contribution < 1.29 is 28.8 Å². The van der Waals surface area contributed by atoms with Crippen molar-refractivity contribution >= 4 is 0 Å². The van der Waals surface area contributed by atoms with Gasteiger partial charge in [0.05, 0.1) is 6.61 Å². The normalized spacial score (nSPS) is 36.3. The van der Waals surface area contributed by atoms with Crippen molar-refractivity contribution in [2.45, 2.75) is 30.7 Å². The number of hydrogen-bond acceptors (Lipinski definition) is 6. The molecule has 1 saturated heterocycles. The minimum Gasteiger partial charge on any atom is -0.394 e. The Kier molecular flexibility index (Phi) is 6.57. The summed E-state index contributed by atoms with van der Waals surface area (Å²) in [5.74, 6) is 2.38. The van der Waals surface area contributed by atoms with Gasteiger partial charge in [0.25, 0.3) is 0 Å². The van der Waals surface area contributed by atoms with E-state index in [2.05, 4.69) is 5.92 Å². The van der Waals surface area contributed by atoms with Crippen LogP contribution in [0.25, 0.3) is 0 Å². The van der Waals surface area contributed by atoms with Crippen LogP contribution in [0, 0.1) is 12.3 Å². The smallest absolute Gasteiger partial charge is 0.186 e. The van der Waals surface area contributed by atoms with Crippen LogP contribution in [-0.4, -0.2) is 70.4 Å². The highest BCUT2D eigenvalue weighted by Crippen LogP contribution is 2.27. The van der Waals surface area contributed by atoms with E-state index in [4.69, 9.17) is 30.1 Å². The van der Waals surface area contributed by atoms with Gasteiger partial charge in [-0.2, -0.15) is 0 Å². The molecular weight excluding hydrogens is 240 g/mol. The largest absolute Gasteiger partial charge is 0.394 e. The molecule has 0 aromatic heterocycles. The van der Waals surface area contributed by atoms with Gasteiger partial charge in [-0.1, -0.05) is 5.92 Å². The Bertz CT molecular complexity index is 276. The molecule has 1 rings (SSSR count). The van der Waals surface area contributed by atoms with Gasteiger partial charge in [-0.3, -0.25) is 0 Å². The summed E-state index contributed by atoms with van der Waals surface area (Å²) in [4.78, 5) is 0. The molecule has 0 bridgehead atoms. The van der Waals surface area contributed by atoms with E-state index in [-0.39, 0.29) is 13.2 Å². The standard InChI is InChI=1S/C12H20O6/c1-5-6-17-9-8(7-13)18-12(16-4)11(15-3)10(9)14-2/h1,8-13H,6-7H2,2-4H3/t8-,9-,10+,11-,12+/m1/s1. The molecule has 0 spiro atoms. The van der Waals surface area contributed by atoms with Gasteiger partial charge in [0.2, 0.25) is 0 Å². The van der Waals surface area contributed by atoms with E-state index in [0.29, 0.717) is 0 Å². The molecule has 1 aliphatic heterocycles. The third-order valence-electron chi connectivity index (χ3n) is 2.91. The van der Waals surface area contributed by atoms with Crippen LogP contribution >= 0.6 is 0 Å². The summed E-state index contributed by atoms with van der Waals surface area (Å²) >= 11 is 0. The molecule has 6 nitrogen and oxygen atoms in total. The number of ether oxygens (including phenoxy) is 5. The van der Waals surface area contributed by atoms with E-state index in [9.17, 15) is 5.11 Å². The lowest BCUT2D eigenvalue weighted by molar-refractivity contribution is -0.308. The van der Waals surface area contributed by atoms with Crippen LogP contribution in [-0.2, 0) is 23.7 Å². The first kappa shape index (κ1) is 15.4. The van der Waals surface area contributed by atoms with E-state index in [0.717, 1.165) is 0 Å². The van der Waals surface area contributed by atoms with Crippen LogP contribution < -0.4 is 0 Å². The van der Waals surface area contributed by atoms with E-state index in [1.807, 2.05) is 0 Å². The second-order valence-corrected chi connectivity index (χ2v) is 3.84. The van der Waals surface area contributed by atoms with Crippen molar-refractivity contribution in [2.24, 2.45) is 0 Å². The van der Waals surface area contributed by atoms with Gasteiger partial charge >= 0.3 is 0 Å². The minimum atomic E-state index is -0.622. The Morgan fingerprint density at radius 1 is 1.11 bits per heavy atom. The molecule has 104 valence electrons. The Balaban J connectivity index is 2.86. The summed E-state index contributed by atoms with van der Waals surface area (Å²) in [6.07, 6.45) is 2.58. The average molecular weight is 260 g/mol. The SMILES string of the molecule is C#CCO[C@H]1[C@H](OC)[C@@H](OC)[C@@H](OC)O[C@@H]1CO. The molecule has 0 aromatic rings. The fraction of sp³-hybridized carbons (Fsp3) is 0.833. The molecule has 6 heteroatoms. The van der Waals surface area contributed by atoms with Crippen LogP contribution in [0.4, 0.5) is 0 Å². The first-order valence-electron chi connectivity index (χ1n) is 5.63. The maximum atomic E-state index is 9.34. The van der Waals surface area contributed by atoms with Crippen molar-refractivity contribution in [3.8, 4) is 12.3 Å². The highest BCUT2D eigenvalue weighted by atomic mass is 16.7. The molecule has 1 heterocycles. The Morgan fingerprint density at radius 2 is 1.78 bits per heavy atom. The number of terminal acetylenes is 1. The number of methoxy groups -OCH3 is 3. The second kappa shape index (κ2) is 7.69. The number of rotatable bonds is 6. The third kappa shape index (κ3) is 3.20. The highest BCUT2D eigenvalue weighted by Gasteiger charge is 2.47. The zero-order valence-electron chi connectivity index (χ0n) is 10.9. The fourth-order valence-corrected chi connectivity index (χ4v) is 2.08. The molecule has 0 amide bonds. The summed E-state index contributed by atoms with van der Waals surface area (Å²) in [6.45, 7) is -0.107. The van der Waals surface area contributed by atoms with Crippen LogP contribution in [0.1, 0.15) is 0 Å². The Labute approximate surface area is 107 Å². The minimum absolute atomic E-state index is 0.110. The van der Waals surface area contributed by atoms with Crippen molar-refractivity contribution in [1.82, 2.24) is 0 Å². The first-order valence-corrected chi connectivity index (χ1v) is 5.63. The van der Waals surface area contributed by atoms with E-state index < -0.39 is 30.7 Å². The fourth-order valence-electron chi connectivity index (χ4n) is 2.08. The average Bonchev–Trinajstić information content (AvgIpc) is 2.42. The van der Waals surface area contributed by atoms with Crippen molar-refractivity contribution in [2.75, 3.05) is 34.5 Å². The van der Waals surface area contributed by atoms with Crippen LogP contribution in [0.5, 0.6) is 0 Å². The van der Waals surface area contributed by atoms with Gasteiger partial charge in [-0.05, 0) is 0 Å². The van der Waals surface area contributed by atoms with Gasteiger partial charge in [0, 0.05) is 21.3 Å². The molecule has 18 heavy (non-hydrogen) atoms. The van der Waals surface area contributed by atoms with E-state index >= 15 is 0 Å². The molecule has 0 unspecified atom stereocenters. The Morgan fingerprint density at radius 3 is 2.22 bits per heavy atom. The Hall–Kier alpha value is -0.680. The van der Waals surface area contributed by atoms with Gasteiger partial charge in [-0.15, -0.1) is 6.42 Å². The quantitative estimate of drug-likeness (QED) is 0.643. The van der Waals surface area contributed by atoms with Crippen molar-refractivity contribution in [3.63, 3.8) is 0 Å². The van der Waals surface area contributed by atoms with Crippen molar-refractivity contribution in [1.29, 1.82) is 0 Å². The first-order chi connectivity index (χ1) is 8.73. The van der Waals surface area contributed by atoms with E-state index in [1.165, 1.54) is 21.3 Å². The van der Waals surface area contributed by atoms with Gasteiger partial charge in [0.1, 0.15) is 31.0 Å². The van der Waals surface area contributed by atoms with Gasteiger partial charge < -0.3 is 28.8 Å². The summed E-state index contributed by atoms with van der Waals surface area (Å²) in [7, 11) is 4.57. The topological polar surface area (TPSA) is 66.4 Å². The zero-order chi connectivity index (χ0) is 13.5. The predicted molar refractivity (Wildman–Crippen MR) is 62.9 cm³/mol. The molecule has 1 aliphatic rings. The molecule has 0 aliphatic carbocycles. The maximum Gasteiger partial charge on any atom is 0.186 e. The van der Waals surface area contributed by atoms with Crippen LogP contribution in [0.2, 0.25) is 0 Å². The summed E-state index contributed by atoms with van der Waals surface area (Å²) in [6, 6.07) is 0. The lowest BCUT2D eigenvalue weighted by Gasteiger charge is -2.43. The summed E-state index contributed by atoms with van der Waals surface area (Å²) in [5.41, 5.74) is 0. The van der Waals surface area contributed by atoms with Crippen molar-refractivity contribution in [3.05, 3.63) is 0 Å².